The van der Waals surface area contributed by atoms with Gasteiger partial charge in [0.1, 0.15) is 23.5 Å². The van der Waals surface area contributed by atoms with E-state index in [9.17, 15) is 52.2 Å². The molecule has 47 heavy (non-hydrogen) atoms. The van der Waals surface area contributed by atoms with E-state index in [1.807, 2.05) is 4.72 Å². The quantitative estimate of drug-likeness (QED) is 0.0679. The molecule has 1 unspecified atom stereocenters. The number of nitrogens with zero attached hydrogens (tertiary/aromatic N) is 4. The van der Waals surface area contributed by atoms with Gasteiger partial charge in [-0.1, -0.05) is 5.16 Å². The molecule has 24 heteroatoms. The summed E-state index contributed by atoms with van der Waals surface area (Å²) in [7, 11) is -4.84. The number of thiazole rings is 1. The number of carboxylic acid groups (broad SMARTS) is 1. The molecule has 0 aromatic carbocycles. The Morgan fingerprint density at radius 3 is 2.49 bits per heavy atom. The summed E-state index contributed by atoms with van der Waals surface area (Å²) >= 11 is 0.929. The fourth-order valence-corrected chi connectivity index (χ4v) is 5.46. The number of carboxylic acids is 1. The number of imide groups is 1. The van der Waals surface area contributed by atoms with E-state index in [1.165, 1.54) is 12.3 Å². The summed E-state index contributed by atoms with van der Waals surface area (Å²) < 4.78 is 28.8. The van der Waals surface area contributed by atoms with Crippen LogP contribution < -0.4 is 31.3 Å². The molecular formula is C23H26N10O12S2. The lowest BCUT2D eigenvalue weighted by Gasteiger charge is -2.36. The second-order valence-electron chi connectivity index (χ2n) is 10.4. The maximum Gasteiger partial charge on any atom is 0.350 e. The Labute approximate surface area is 267 Å². The van der Waals surface area contributed by atoms with Crippen molar-refractivity contribution in [3.05, 3.63) is 39.3 Å². The highest BCUT2D eigenvalue weighted by Crippen LogP contribution is 2.18. The van der Waals surface area contributed by atoms with E-state index in [2.05, 4.69) is 25.9 Å². The van der Waals surface area contributed by atoms with Gasteiger partial charge < -0.3 is 31.1 Å². The Morgan fingerprint density at radius 2 is 1.91 bits per heavy atom. The number of aromatic amines is 1. The molecule has 0 spiro atoms. The van der Waals surface area contributed by atoms with Gasteiger partial charge in [-0.15, -0.1) is 11.3 Å². The van der Waals surface area contributed by atoms with Gasteiger partial charge in [-0.3, -0.25) is 34.3 Å². The standard InChI is InChI=1S/C23H26N10O12S2/c1-8-14(17(37)28-33(8)19(39)9-4-12(34)13(35)5-25-9)30-47(43,44)31-22(42)32-6-10(18(32)38)26-16(36)15(11-7-46-21(24)27-11)29-45-23(2,3)20(40)41/h4-5,7-8,10,14,30,35H,6H2,1-3H3,(H2,24,27)(H,25,34)(H,26,36)(H,28,37)(H,31,42)(H,40,41)/b29-15-/t8-,10-,14?/m0/s1. The first-order valence-corrected chi connectivity index (χ1v) is 15.4. The molecule has 6 amide bonds. The van der Waals surface area contributed by atoms with Crippen LogP contribution in [0.4, 0.5) is 9.93 Å². The summed E-state index contributed by atoms with van der Waals surface area (Å²) in [5.74, 6) is -6.11. The van der Waals surface area contributed by atoms with E-state index in [0.29, 0.717) is 4.90 Å². The number of aromatic nitrogens is 2. The molecule has 2 aromatic heterocycles. The number of aromatic hydroxyl groups is 1. The molecule has 2 fully saturated rings. The Morgan fingerprint density at radius 1 is 1.23 bits per heavy atom. The van der Waals surface area contributed by atoms with Crippen molar-refractivity contribution < 1.29 is 52.2 Å². The average molecular weight is 699 g/mol. The molecule has 22 nitrogen and oxygen atoms in total. The number of nitrogen functional groups attached to an aromatic ring is 1. The molecule has 4 heterocycles. The zero-order chi connectivity index (χ0) is 35.0. The van der Waals surface area contributed by atoms with Crippen molar-refractivity contribution in [2.75, 3.05) is 12.3 Å². The molecule has 2 aliphatic heterocycles. The number of likely N-dealkylation sites (tertiary alicyclic amines) is 1. The second-order valence-corrected chi connectivity index (χ2v) is 12.7. The third kappa shape index (κ3) is 7.28. The Balaban J connectivity index is 1.36. The number of nitrogens with two attached hydrogens (primary N) is 1. The highest BCUT2D eigenvalue weighted by Gasteiger charge is 2.46. The number of amides is 6. The molecule has 2 aromatic rings. The Hall–Kier alpha value is -5.62. The summed E-state index contributed by atoms with van der Waals surface area (Å²) in [5, 5.41) is 26.5. The first kappa shape index (κ1) is 34.3. The number of β-lactam (4-membered cyclic amide) rings is 1. The fourth-order valence-electron chi connectivity index (χ4n) is 3.87. The van der Waals surface area contributed by atoms with Gasteiger partial charge >= 0.3 is 22.2 Å². The van der Waals surface area contributed by atoms with Crippen molar-refractivity contribution in [3.63, 3.8) is 0 Å². The van der Waals surface area contributed by atoms with Crippen molar-refractivity contribution in [1.82, 2.24) is 40.1 Å². The van der Waals surface area contributed by atoms with Crippen LogP contribution in [0.5, 0.6) is 5.75 Å². The number of anilines is 1. The number of pyridine rings is 1. The molecule has 0 saturated carbocycles. The van der Waals surface area contributed by atoms with E-state index < -0.39 is 93.0 Å². The van der Waals surface area contributed by atoms with Crippen LogP contribution in [0.2, 0.25) is 0 Å². The van der Waals surface area contributed by atoms with Crippen molar-refractivity contribution >= 4 is 68.0 Å². The first-order chi connectivity index (χ1) is 21.8. The maximum absolute atomic E-state index is 12.9. The van der Waals surface area contributed by atoms with Crippen LogP contribution in [-0.2, 0) is 34.2 Å². The number of oxime groups is 1. The topological polar surface area (TPSA) is 325 Å². The lowest BCUT2D eigenvalue weighted by atomic mass is 10.1. The van der Waals surface area contributed by atoms with Gasteiger partial charge in [0.25, 0.3) is 23.6 Å². The molecule has 0 radical (unpaired) electrons. The zero-order valence-electron chi connectivity index (χ0n) is 24.3. The van der Waals surface area contributed by atoms with Crippen LogP contribution in [0.25, 0.3) is 0 Å². The normalized spacial score (nSPS) is 19.9. The number of carbonyl (C=O) groups excluding carboxylic acids is 5. The van der Waals surface area contributed by atoms with Crippen LogP contribution >= 0.6 is 11.3 Å². The minimum atomic E-state index is -4.84. The number of aliphatic carboxylic acids is 1. The number of rotatable bonds is 10. The number of hydrazine groups is 1. The van der Waals surface area contributed by atoms with Gasteiger partial charge in [0.15, 0.2) is 16.6 Å². The monoisotopic (exact) mass is 698 g/mol. The number of hydrogen-bond acceptors (Lipinski definition) is 15. The molecule has 9 N–H and O–H groups in total. The molecule has 3 atom stereocenters. The molecule has 0 bridgehead atoms. The SMILES string of the molecule is C[C@H]1C(NS(=O)(=O)NC(=O)N2C[C@H](NC(=O)/C(=N\OC(C)(C)C(=O)O)c3csc(N)n3)C2=O)C(=O)NN1C(=O)c1cc(=O)c(O)c[nH]1. The highest BCUT2D eigenvalue weighted by molar-refractivity contribution is 7.88. The molecule has 0 aliphatic carbocycles. The number of carbonyl (C=O) groups is 6. The molecular weight excluding hydrogens is 672 g/mol. The van der Waals surface area contributed by atoms with Gasteiger partial charge in [0, 0.05) is 17.6 Å². The van der Waals surface area contributed by atoms with Crippen LogP contribution in [-0.4, -0.2) is 110 Å². The van der Waals surface area contributed by atoms with E-state index >= 15 is 0 Å². The van der Waals surface area contributed by atoms with Gasteiger partial charge in [0.05, 0.1) is 12.6 Å². The van der Waals surface area contributed by atoms with Crippen molar-refractivity contribution in [3.8, 4) is 5.75 Å². The van der Waals surface area contributed by atoms with E-state index in [1.54, 1.807) is 4.72 Å². The highest BCUT2D eigenvalue weighted by atomic mass is 32.2. The summed E-state index contributed by atoms with van der Waals surface area (Å²) in [4.78, 5) is 98.1. The lowest BCUT2D eigenvalue weighted by Crippen LogP contribution is -2.68. The van der Waals surface area contributed by atoms with Gasteiger partial charge in [-0.05, 0) is 20.8 Å². The van der Waals surface area contributed by atoms with Gasteiger partial charge in [0.2, 0.25) is 11.0 Å². The number of hydrogen-bond donors (Lipinski definition) is 8. The molecule has 4 rings (SSSR count). The van der Waals surface area contributed by atoms with Gasteiger partial charge in [-0.2, -0.15) is 13.1 Å². The smallest absolute Gasteiger partial charge is 0.350 e. The number of urea groups is 1. The van der Waals surface area contributed by atoms with E-state index in [4.69, 9.17) is 10.6 Å². The minimum absolute atomic E-state index is 0.0350. The Kier molecular flexibility index (Phi) is 9.21. The largest absolute Gasteiger partial charge is 0.503 e. The first-order valence-electron chi connectivity index (χ1n) is 13.0. The fraction of sp³-hybridized carbons (Fsp3) is 0.348. The zero-order valence-corrected chi connectivity index (χ0v) is 26.0. The van der Waals surface area contributed by atoms with Crippen molar-refractivity contribution in [2.24, 2.45) is 5.16 Å². The summed E-state index contributed by atoms with van der Waals surface area (Å²) in [5.41, 5.74) is 4.02. The van der Waals surface area contributed by atoms with Crippen LogP contribution in [0, 0.1) is 0 Å². The summed E-state index contributed by atoms with van der Waals surface area (Å²) in [6, 6.07) is -4.84. The minimum Gasteiger partial charge on any atom is -0.503 e. The van der Waals surface area contributed by atoms with Crippen LogP contribution in [0.15, 0.2) is 27.6 Å². The average Bonchev–Trinajstić information content (AvgIpc) is 3.53. The Bertz CT molecular complexity index is 1870. The predicted octanol–water partition coefficient (Wildman–Crippen LogP) is -3.48. The maximum atomic E-state index is 12.9. The van der Waals surface area contributed by atoms with E-state index in [0.717, 1.165) is 42.5 Å². The third-order valence-electron chi connectivity index (χ3n) is 6.59. The van der Waals surface area contributed by atoms with Crippen LogP contribution in [0.1, 0.15) is 37.0 Å². The molecule has 2 aliphatic rings. The van der Waals surface area contributed by atoms with Gasteiger partial charge in [-0.25, -0.2) is 24.3 Å². The molecule has 2 saturated heterocycles. The summed E-state index contributed by atoms with van der Waals surface area (Å²) in [6.45, 7) is 3.09. The summed E-state index contributed by atoms with van der Waals surface area (Å²) in [6.07, 6.45) is 0.849. The lowest BCUT2D eigenvalue weighted by molar-refractivity contribution is -0.161. The van der Waals surface area contributed by atoms with E-state index in [-0.39, 0.29) is 16.5 Å². The number of H-pyrrole nitrogens is 1. The van der Waals surface area contributed by atoms with Crippen LogP contribution in [0.3, 0.4) is 0 Å². The number of nitrogens with one attached hydrogen (secondary N) is 5. The van der Waals surface area contributed by atoms with Crippen molar-refractivity contribution in [2.45, 2.75) is 44.5 Å². The van der Waals surface area contributed by atoms with Crippen molar-refractivity contribution in [1.29, 1.82) is 0 Å². The second kappa shape index (κ2) is 12.6. The predicted molar refractivity (Wildman–Crippen MR) is 156 cm³/mol. The molecule has 252 valence electrons. The third-order valence-corrected chi connectivity index (χ3v) is 8.27.